The number of nitrogens with one attached hydrogen (secondary N) is 1. The van der Waals surface area contributed by atoms with Gasteiger partial charge >= 0.3 is 0 Å². The van der Waals surface area contributed by atoms with Crippen LogP contribution in [-0.2, 0) is 13.2 Å². The van der Waals surface area contributed by atoms with E-state index in [0.717, 1.165) is 40.9 Å². The van der Waals surface area contributed by atoms with Crippen LogP contribution in [0.5, 0.6) is 11.5 Å². The van der Waals surface area contributed by atoms with E-state index < -0.39 is 0 Å². The molecule has 0 amide bonds. The molecule has 0 aliphatic rings. The molecule has 0 bridgehead atoms. The number of benzene rings is 2. The monoisotopic (exact) mass is 473 g/mol. The molecule has 3 nitrogen and oxygen atoms in total. The van der Waals surface area contributed by atoms with Crippen molar-refractivity contribution in [3.05, 3.63) is 56.0 Å². The number of ether oxygens (including phenoxy) is 2. The fraction of sp³-hybridized carbons (Fsp3) is 0.429. The number of rotatable bonds is 10. The number of hydrogen-bond donors (Lipinski definition) is 1. The highest BCUT2D eigenvalue weighted by molar-refractivity contribution is 9.10. The van der Waals surface area contributed by atoms with Crippen molar-refractivity contribution >= 4 is 39.1 Å². The Morgan fingerprint density at radius 3 is 2.48 bits per heavy atom. The second-order valence-electron chi connectivity index (χ2n) is 6.73. The van der Waals surface area contributed by atoms with E-state index in [9.17, 15) is 0 Å². The zero-order chi connectivity index (χ0) is 19.8. The molecule has 2 aromatic rings. The molecule has 1 N–H and O–H groups in total. The Morgan fingerprint density at radius 1 is 1.04 bits per heavy atom. The minimum Gasteiger partial charge on any atom is -0.490 e. The Balaban J connectivity index is 2.08. The summed E-state index contributed by atoms with van der Waals surface area (Å²) in [5, 5.41) is 4.53. The maximum atomic E-state index is 6.08. The highest BCUT2D eigenvalue weighted by Crippen LogP contribution is 2.37. The molecule has 2 aromatic carbocycles. The maximum absolute atomic E-state index is 6.08. The quantitative estimate of drug-likeness (QED) is 0.381. The third kappa shape index (κ3) is 7.19. The van der Waals surface area contributed by atoms with E-state index in [1.54, 1.807) is 6.07 Å². The van der Waals surface area contributed by atoms with Crippen molar-refractivity contribution in [1.29, 1.82) is 0 Å². The lowest BCUT2D eigenvalue weighted by molar-refractivity contribution is 0.267. The van der Waals surface area contributed by atoms with Gasteiger partial charge in [0.05, 0.1) is 21.1 Å². The molecule has 0 aliphatic carbocycles. The van der Waals surface area contributed by atoms with Gasteiger partial charge in [0, 0.05) is 6.54 Å². The van der Waals surface area contributed by atoms with Crippen LogP contribution in [0.25, 0.3) is 0 Å². The van der Waals surface area contributed by atoms with Crippen LogP contribution in [0.1, 0.15) is 38.3 Å². The summed E-state index contributed by atoms with van der Waals surface area (Å²) >= 11 is 15.7. The number of halogens is 3. The predicted molar refractivity (Wildman–Crippen MR) is 117 cm³/mol. The van der Waals surface area contributed by atoms with Gasteiger partial charge in [-0.2, -0.15) is 0 Å². The van der Waals surface area contributed by atoms with Crippen LogP contribution in [0.3, 0.4) is 0 Å². The molecular weight excluding hydrogens is 449 g/mol. The highest BCUT2D eigenvalue weighted by Gasteiger charge is 2.13. The van der Waals surface area contributed by atoms with Gasteiger partial charge in [-0.15, -0.1) is 0 Å². The first kappa shape index (κ1) is 22.4. The lowest BCUT2D eigenvalue weighted by Gasteiger charge is -2.16. The largest absolute Gasteiger partial charge is 0.490 e. The van der Waals surface area contributed by atoms with E-state index in [4.69, 9.17) is 32.7 Å². The fourth-order valence-electron chi connectivity index (χ4n) is 2.53. The van der Waals surface area contributed by atoms with Gasteiger partial charge in [0.2, 0.25) is 0 Å². The lowest BCUT2D eigenvalue weighted by atomic mass is 10.1. The van der Waals surface area contributed by atoms with Gasteiger partial charge < -0.3 is 14.8 Å². The zero-order valence-electron chi connectivity index (χ0n) is 16.0. The van der Waals surface area contributed by atoms with E-state index in [2.05, 4.69) is 41.2 Å². The van der Waals surface area contributed by atoms with Crippen molar-refractivity contribution in [3.63, 3.8) is 0 Å². The molecule has 0 aromatic heterocycles. The topological polar surface area (TPSA) is 30.5 Å². The third-order valence-corrected chi connectivity index (χ3v) is 5.29. The Morgan fingerprint density at radius 2 is 1.81 bits per heavy atom. The van der Waals surface area contributed by atoms with E-state index in [0.29, 0.717) is 34.9 Å². The summed E-state index contributed by atoms with van der Waals surface area (Å²) in [4.78, 5) is 0. The Kier molecular flexibility index (Phi) is 9.24. The van der Waals surface area contributed by atoms with E-state index >= 15 is 0 Å². The van der Waals surface area contributed by atoms with Crippen molar-refractivity contribution < 1.29 is 9.47 Å². The Labute approximate surface area is 180 Å². The van der Waals surface area contributed by atoms with Crippen LogP contribution < -0.4 is 14.8 Å². The van der Waals surface area contributed by atoms with Gasteiger partial charge in [-0.05, 0) is 77.1 Å². The van der Waals surface area contributed by atoms with E-state index in [-0.39, 0.29) is 0 Å². The zero-order valence-corrected chi connectivity index (χ0v) is 19.0. The van der Waals surface area contributed by atoms with Crippen molar-refractivity contribution in [1.82, 2.24) is 5.32 Å². The van der Waals surface area contributed by atoms with Gasteiger partial charge in [-0.1, -0.05) is 43.1 Å². The summed E-state index contributed by atoms with van der Waals surface area (Å²) in [5.74, 6) is 2.11. The molecule has 0 fully saturated rings. The van der Waals surface area contributed by atoms with E-state index in [1.165, 1.54) is 0 Å². The van der Waals surface area contributed by atoms with Crippen molar-refractivity contribution in [2.75, 3.05) is 13.2 Å². The molecule has 0 spiro atoms. The highest BCUT2D eigenvalue weighted by atomic mass is 79.9. The van der Waals surface area contributed by atoms with Crippen molar-refractivity contribution in [3.8, 4) is 11.5 Å². The molecular formula is C21H26BrCl2NO2. The normalized spacial score (nSPS) is 11.1. The van der Waals surface area contributed by atoms with Gasteiger partial charge in [0.15, 0.2) is 11.5 Å². The first-order chi connectivity index (χ1) is 12.9. The van der Waals surface area contributed by atoms with Crippen molar-refractivity contribution in [2.24, 2.45) is 5.92 Å². The van der Waals surface area contributed by atoms with Crippen LogP contribution in [0.2, 0.25) is 10.0 Å². The van der Waals surface area contributed by atoms with Crippen LogP contribution in [0, 0.1) is 5.92 Å². The minimum atomic E-state index is 0.377. The molecule has 0 atom stereocenters. The van der Waals surface area contributed by atoms with Crippen LogP contribution >= 0.6 is 39.1 Å². The van der Waals surface area contributed by atoms with Gasteiger partial charge in [-0.25, -0.2) is 0 Å². The first-order valence-corrected chi connectivity index (χ1v) is 10.7. The summed E-state index contributed by atoms with van der Waals surface area (Å²) in [5.41, 5.74) is 2.09. The summed E-state index contributed by atoms with van der Waals surface area (Å²) in [6.07, 6.45) is 1.16. The van der Waals surface area contributed by atoms with Crippen LogP contribution in [0.15, 0.2) is 34.8 Å². The van der Waals surface area contributed by atoms with Crippen LogP contribution in [0.4, 0.5) is 0 Å². The summed E-state index contributed by atoms with van der Waals surface area (Å²) in [6.45, 7) is 9.15. The van der Waals surface area contributed by atoms with Gasteiger partial charge in [0.25, 0.3) is 0 Å². The molecule has 148 valence electrons. The molecule has 0 saturated heterocycles. The predicted octanol–water partition coefficient (Wildman–Crippen LogP) is 6.87. The van der Waals surface area contributed by atoms with Gasteiger partial charge in [0.1, 0.15) is 6.61 Å². The van der Waals surface area contributed by atoms with Crippen molar-refractivity contribution in [2.45, 2.75) is 40.3 Å². The lowest BCUT2D eigenvalue weighted by Crippen LogP contribution is -2.16. The molecule has 0 heterocycles. The number of hydrogen-bond acceptors (Lipinski definition) is 3. The average molecular weight is 475 g/mol. The second kappa shape index (κ2) is 11.2. The minimum absolute atomic E-state index is 0.377. The molecule has 0 aliphatic heterocycles. The molecule has 6 heteroatoms. The van der Waals surface area contributed by atoms with Gasteiger partial charge in [-0.3, -0.25) is 0 Å². The first-order valence-electron chi connectivity index (χ1n) is 9.13. The summed E-state index contributed by atoms with van der Waals surface area (Å²) in [6, 6.07) is 9.57. The summed E-state index contributed by atoms with van der Waals surface area (Å²) in [7, 11) is 0. The SMILES string of the molecule is CCOc1cc(CNCCC(C)C)cc(Br)c1OCc1ccc(Cl)c(Cl)c1. The molecule has 27 heavy (non-hydrogen) atoms. The smallest absolute Gasteiger partial charge is 0.175 e. The fourth-order valence-corrected chi connectivity index (χ4v) is 3.46. The average Bonchev–Trinajstić information content (AvgIpc) is 2.61. The third-order valence-electron chi connectivity index (χ3n) is 3.96. The molecule has 0 radical (unpaired) electrons. The van der Waals surface area contributed by atoms with Crippen LogP contribution in [-0.4, -0.2) is 13.2 Å². The molecule has 0 unspecified atom stereocenters. The Bertz CT molecular complexity index is 753. The molecule has 0 saturated carbocycles. The summed E-state index contributed by atoms with van der Waals surface area (Å²) < 4.78 is 12.7. The Hall–Kier alpha value is -0.940. The van der Waals surface area contributed by atoms with E-state index in [1.807, 2.05) is 25.1 Å². The second-order valence-corrected chi connectivity index (χ2v) is 8.40. The molecule has 2 rings (SSSR count). The standard InChI is InChI=1S/C21H26BrCl2NO2/c1-4-26-20-11-16(12-25-8-7-14(2)3)9-17(22)21(20)27-13-15-5-6-18(23)19(24)10-15/h5-6,9-11,14,25H,4,7-8,12-13H2,1-3H3. The maximum Gasteiger partial charge on any atom is 0.175 e.